The maximum absolute atomic E-state index is 12.5. The Hall–Kier alpha value is -2.54. The van der Waals surface area contributed by atoms with Crippen LogP contribution in [0.4, 0.5) is 0 Å². The van der Waals surface area contributed by atoms with Crippen LogP contribution in [0.15, 0.2) is 30.5 Å². The van der Waals surface area contributed by atoms with E-state index < -0.39 is 0 Å². The smallest absolute Gasteiger partial charge is 0.265 e. The SMILES string of the molecule is CCc1nnsc1C(=O)N[C@H](C)c1cnn(-c2ccccc2C)c1C. The van der Waals surface area contributed by atoms with Gasteiger partial charge in [-0.3, -0.25) is 4.79 Å². The zero-order valence-corrected chi connectivity index (χ0v) is 15.6. The summed E-state index contributed by atoms with van der Waals surface area (Å²) < 4.78 is 5.80. The molecule has 130 valence electrons. The van der Waals surface area contributed by atoms with Gasteiger partial charge in [0.1, 0.15) is 4.88 Å². The monoisotopic (exact) mass is 355 g/mol. The van der Waals surface area contributed by atoms with E-state index in [2.05, 4.69) is 33.0 Å². The van der Waals surface area contributed by atoms with Crippen molar-refractivity contribution in [2.24, 2.45) is 0 Å². The molecule has 0 aliphatic rings. The van der Waals surface area contributed by atoms with Crippen molar-refractivity contribution in [3.8, 4) is 5.69 Å². The fourth-order valence-corrected chi connectivity index (χ4v) is 3.50. The van der Waals surface area contributed by atoms with Crippen molar-refractivity contribution in [3.63, 3.8) is 0 Å². The van der Waals surface area contributed by atoms with Crippen LogP contribution in [0.1, 0.15) is 52.1 Å². The molecule has 3 aromatic rings. The van der Waals surface area contributed by atoms with Gasteiger partial charge in [0.15, 0.2) is 0 Å². The third-order valence-corrected chi connectivity index (χ3v) is 5.07. The van der Waals surface area contributed by atoms with Crippen molar-refractivity contribution < 1.29 is 4.79 Å². The summed E-state index contributed by atoms with van der Waals surface area (Å²) in [6.07, 6.45) is 2.51. The third kappa shape index (κ3) is 3.32. The summed E-state index contributed by atoms with van der Waals surface area (Å²) in [6.45, 7) is 8.01. The number of carbonyl (C=O) groups is 1. The lowest BCUT2D eigenvalue weighted by atomic mass is 10.1. The highest BCUT2D eigenvalue weighted by atomic mass is 32.1. The van der Waals surface area contributed by atoms with Crippen LogP contribution in [-0.4, -0.2) is 25.3 Å². The van der Waals surface area contributed by atoms with E-state index in [0.29, 0.717) is 11.3 Å². The highest BCUT2D eigenvalue weighted by Gasteiger charge is 2.20. The predicted octanol–water partition coefficient (Wildman–Crippen LogP) is 3.39. The van der Waals surface area contributed by atoms with Crippen LogP contribution in [0.5, 0.6) is 0 Å². The minimum atomic E-state index is -0.155. The third-order valence-electron chi connectivity index (χ3n) is 4.30. The lowest BCUT2D eigenvalue weighted by molar-refractivity contribution is 0.0943. The number of rotatable bonds is 5. The van der Waals surface area contributed by atoms with E-state index in [1.165, 1.54) is 0 Å². The van der Waals surface area contributed by atoms with Gasteiger partial charge in [0.05, 0.1) is 23.6 Å². The summed E-state index contributed by atoms with van der Waals surface area (Å²) in [4.78, 5) is 13.1. The normalized spacial score (nSPS) is 12.2. The number of carbonyl (C=O) groups excluding carboxylic acids is 1. The molecule has 0 aliphatic heterocycles. The molecule has 0 unspecified atom stereocenters. The number of benzene rings is 1. The Balaban J connectivity index is 1.83. The number of aromatic nitrogens is 4. The van der Waals surface area contributed by atoms with E-state index in [1.54, 1.807) is 0 Å². The van der Waals surface area contributed by atoms with Crippen molar-refractivity contribution in [3.05, 3.63) is 57.9 Å². The second-order valence-corrected chi connectivity index (χ2v) is 6.74. The molecule has 3 rings (SSSR count). The van der Waals surface area contributed by atoms with Crippen molar-refractivity contribution >= 4 is 17.4 Å². The Morgan fingerprint density at radius 1 is 1.32 bits per heavy atom. The molecular formula is C18H21N5OS. The molecule has 0 spiro atoms. The molecule has 6 nitrogen and oxygen atoms in total. The van der Waals surface area contributed by atoms with Gasteiger partial charge in [-0.25, -0.2) is 4.68 Å². The van der Waals surface area contributed by atoms with Gasteiger partial charge in [0.2, 0.25) is 0 Å². The van der Waals surface area contributed by atoms with E-state index in [-0.39, 0.29) is 11.9 Å². The van der Waals surface area contributed by atoms with Gasteiger partial charge in [0, 0.05) is 11.3 Å². The summed E-state index contributed by atoms with van der Waals surface area (Å²) >= 11 is 1.13. The first-order chi connectivity index (χ1) is 12.0. The average molecular weight is 355 g/mol. The van der Waals surface area contributed by atoms with Crippen molar-refractivity contribution in [2.75, 3.05) is 0 Å². The fourth-order valence-electron chi connectivity index (χ4n) is 2.84. The number of nitrogens with zero attached hydrogens (tertiary/aromatic N) is 4. The summed E-state index contributed by atoms with van der Waals surface area (Å²) in [5.74, 6) is -0.137. The number of hydrogen-bond donors (Lipinski definition) is 1. The Morgan fingerprint density at radius 2 is 2.08 bits per heavy atom. The summed E-state index contributed by atoms with van der Waals surface area (Å²) in [5.41, 5.74) is 4.94. The van der Waals surface area contributed by atoms with Crippen LogP contribution in [0, 0.1) is 13.8 Å². The quantitative estimate of drug-likeness (QED) is 0.761. The molecule has 1 N–H and O–H groups in total. The highest BCUT2D eigenvalue weighted by Crippen LogP contribution is 2.22. The first-order valence-electron chi connectivity index (χ1n) is 8.25. The molecule has 25 heavy (non-hydrogen) atoms. The number of aryl methyl sites for hydroxylation is 2. The summed E-state index contributed by atoms with van der Waals surface area (Å²) in [6, 6.07) is 7.95. The molecule has 0 aliphatic carbocycles. The molecule has 2 aromatic heterocycles. The molecule has 0 saturated heterocycles. The van der Waals surface area contributed by atoms with Crippen LogP contribution in [0.3, 0.4) is 0 Å². The van der Waals surface area contributed by atoms with Crippen molar-refractivity contribution in [1.82, 2.24) is 24.7 Å². The summed E-state index contributed by atoms with van der Waals surface area (Å²) in [5, 5.41) is 11.5. The maximum atomic E-state index is 12.5. The molecule has 1 aromatic carbocycles. The van der Waals surface area contributed by atoms with E-state index in [9.17, 15) is 4.79 Å². The number of para-hydroxylation sites is 1. The Morgan fingerprint density at radius 3 is 2.80 bits per heavy atom. The minimum Gasteiger partial charge on any atom is -0.345 e. The predicted molar refractivity (Wildman–Crippen MR) is 98.2 cm³/mol. The second-order valence-electron chi connectivity index (χ2n) is 5.98. The number of amides is 1. The van der Waals surface area contributed by atoms with Gasteiger partial charge in [-0.1, -0.05) is 29.6 Å². The molecule has 0 fully saturated rings. The standard InChI is InChI=1S/C18H21N5OS/c1-5-15-17(25-22-21-15)18(24)20-12(3)14-10-19-23(13(14)4)16-9-7-6-8-11(16)2/h6-10,12H,5H2,1-4H3,(H,20,24)/t12-/m1/s1. The van der Waals surface area contributed by atoms with E-state index in [1.807, 2.05) is 49.8 Å². The molecule has 1 atom stereocenters. The first kappa shape index (κ1) is 17.3. The van der Waals surface area contributed by atoms with Crippen molar-refractivity contribution in [2.45, 2.75) is 40.2 Å². The Kier molecular flexibility index (Phi) is 4.94. The van der Waals surface area contributed by atoms with Crippen molar-refractivity contribution in [1.29, 1.82) is 0 Å². The zero-order valence-electron chi connectivity index (χ0n) is 14.8. The average Bonchev–Trinajstić information content (AvgIpc) is 3.21. The van der Waals surface area contributed by atoms with Gasteiger partial charge < -0.3 is 5.32 Å². The van der Waals surface area contributed by atoms with Crippen LogP contribution >= 0.6 is 11.5 Å². The molecular weight excluding hydrogens is 334 g/mol. The molecule has 0 radical (unpaired) electrons. The number of nitrogens with one attached hydrogen (secondary N) is 1. The maximum Gasteiger partial charge on any atom is 0.265 e. The van der Waals surface area contributed by atoms with Crippen LogP contribution in [0.25, 0.3) is 5.69 Å². The molecule has 2 heterocycles. The molecule has 0 saturated carbocycles. The molecule has 1 amide bonds. The molecule has 7 heteroatoms. The van der Waals surface area contributed by atoms with Gasteiger partial charge in [-0.2, -0.15) is 5.10 Å². The largest absolute Gasteiger partial charge is 0.345 e. The zero-order chi connectivity index (χ0) is 18.0. The second kappa shape index (κ2) is 7.14. The van der Waals surface area contributed by atoms with Gasteiger partial charge in [0.25, 0.3) is 5.91 Å². The van der Waals surface area contributed by atoms with Crippen LogP contribution in [0.2, 0.25) is 0 Å². The summed E-state index contributed by atoms with van der Waals surface area (Å²) in [7, 11) is 0. The minimum absolute atomic E-state index is 0.137. The highest BCUT2D eigenvalue weighted by molar-refractivity contribution is 7.08. The number of hydrogen-bond acceptors (Lipinski definition) is 5. The Bertz CT molecular complexity index is 899. The van der Waals surface area contributed by atoms with Crippen LogP contribution < -0.4 is 5.32 Å². The fraction of sp³-hybridized carbons (Fsp3) is 0.333. The lowest BCUT2D eigenvalue weighted by Gasteiger charge is -2.14. The van der Waals surface area contributed by atoms with Gasteiger partial charge in [-0.05, 0) is 50.4 Å². The lowest BCUT2D eigenvalue weighted by Crippen LogP contribution is -2.27. The Labute approximate surface area is 151 Å². The molecule has 0 bridgehead atoms. The first-order valence-corrected chi connectivity index (χ1v) is 9.02. The van der Waals surface area contributed by atoms with E-state index >= 15 is 0 Å². The topological polar surface area (TPSA) is 72.7 Å². The van der Waals surface area contributed by atoms with E-state index in [4.69, 9.17) is 0 Å². The van der Waals surface area contributed by atoms with E-state index in [0.717, 1.165) is 39.7 Å². The van der Waals surface area contributed by atoms with Gasteiger partial charge >= 0.3 is 0 Å². The van der Waals surface area contributed by atoms with Gasteiger partial charge in [-0.15, -0.1) is 5.10 Å². The van der Waals surface area contributed by atoms with Crippen LogP contribution in [-0.2, 0) is 6.42 Å².